The van der Waals surface area contributed by atoms with E-state index < -0.39 is 71.6 Å². The lowest BCUT2D eigenvalue weighted by Crippen LogP contribution is -2.38. The normalized spacial score (nSPS) is 20.2. The fraction of sp³-hybridized carbons (Fsp3) is 0.300. The van der Waals surface area contributed by atoms with E-state index in [0.717, 1.165) is 22.9 Å². The van der Waals surface area contributed by atoms with E-state index in [9.17, 15) is 41.4 Å². The zero-order valence-corrected chi connectivity index (χ0v) is 22.7. The molecule has 2 aliphatic carbocycles. The van der Waals surface area contributed by atoms with Crippen LogP contribution in [-0.2, 0) is 19.1 Å². The monoisotopic (exact) mass is 617 g/mol. The van der Waals surface area contributed by atoms with Crippen molar-refractivity contribution < 1.29 is 41.4 Å². The van der Waals surface area contributed by atoms with E-state index in [0.29, 0.717) is 23.6 Å². The Hall–Kier alpha value is -4.27. The Morgan fingerprint density at radius 3 is 2.52 bits per heavy atom. The molecule has 0 bridgehead atoms. The van der Waals surface area contributed by atoms with Gasteiger partial charge in [0.2, 0.25) is 0 Å². The van der Waals surface area contributed by atoms with E-state index in [2.05, 4.69) is 15.4 Å². The lowest BCUT2D eigenvalue weighted by atomic mass is 9.94. The number of carbonyl (C=O) groups is 1. The van der Waals surface area contributed by atoms with Gasteiger partial charge in [-0.05, 0) is 66.1 Å². The molecule has 4 aromatic rings. The molecular formula is C30H25F6N5O3. The van der Waals surface area contributed by atoms with Crippen LogP contribution in [0.15, 0.2) is 54.7 Å². The number of aliphatic hydroxyl groups is 2. The van der Waals surface area contributed by atoms with Gasteiger partial charge in [0.25, 0.3) is 5.91 Å². The highest BCUT2D eigenvalue weighted by atomic mass is 19.4. The summed E-state index contributed by atoms with van der Waals surface area (Å²) in [4.78, 5) is 16.2. The molecule has 0 spiro atoms. The van der Waals surface area contributed by atoms with Crippen LogP contribution in [0.5, 0.6) is 0 Å². The Morgan fingerprint density at radius 2 is 1.84 bits per heavy atom. The third kappa shape index (κ3) is 5.55. The molecule has 4 unspecified atom stereocenters. The van der Waals surface area contributed by atoms with Crippen molar-refractivity contribution in [3.63, 3.8) is 0 Å². The lowest BCUT2D eigenvalue weighted by molar-refractivity contribution is -0.142. The van der Waals surface area contributed by atoms with Crippen LogP contribution in [-0.4, -0.2) is 37.1 Å². The van der Waals surface area contributed by atoms with Gasteiger partial charge in [-0.3, -0.25) is 19.8 Å². The molecule has 5 N–H and O–H groups in total. The predicted octanol–water partition coefficient (Wildman–Crippen LogP) is 4.52. The van der Waals surface area contributed by atoms with E-state index in [1.807, 2.05) is 0 Å². The Kier molecular flexibility index (Phi) is 7.46. The van der Waals surface area contributed by atoms with Crippen molar-refractivity contribution in [3.05, 3.63) is 106 Å². The van der Waals surface area contributed by atoms with Crippen LogP contribution in [0.1, 0.15) is 63.1 Å². The van der Waals surface area contributed by atoms with Crippen molar-refractivity contribution in [2.24, 2.45) is 11.7 Å². The number of hydrogen-bond acceptors (Lipinski definition) is 6. The van der Waals surface area contributed by atoms with E-state index in [4.69, 9.17) is 5.73 Å². The summed E-state index contributed by atoms with van der Waals surface area (Å²) < 4.78 is 84.8. The van der Waals surface area contributed by atoms with Crippen molar-refractivity contribution in [1.29, 1.82) is 0 Å². The van der Waals surface area contributed by atoms with Gasteiger partial charge in [0.1, 0.15) is 23.7 Å². The highest BCUT2D eigenvalue weighted by Gasteiger charge is 2.58. The number of hydrogen-bond donors (Lipinski definition) is 4. The number of rotatable bonds is 9. The van der Waals surface area contributed by atoms with E-state index in [1.165, 1.54) is 18.3 Å². The summed E-state index contributed by atoms with van der Waals surface area (Å²) in [6.07, 6.45) is -5.86. The molecule has 1 fully saturated rings. The van der Waals surface area contributed by atoms with Gasteiger partial charge in [0.05, 0.1) is 35.6 Å². The quantitative estimate of drug-likeness (QED) is 0.162. The number of nitrogens with zero attached hydrogens (tertiary/aromatic N) is 3. The van der Waals surface area contributed by atoms with Gasteiger partial charge in [-0.25, -0.2) is 13.2 Å². The minimum Gasteiger partial charge on any atom is -0.386 e. The van der Waals surface area contributed by atoms with Crippen LogP contribution in [0.2, 0.25) is 0 Å². The number of primary amides is 1. The van der Waals surface area contributed by atoms with E-state index in [-0.39, 0.29) is 34.9 Å². The first-order valence-corrected chi connectivity index (χ1v) is 13.6. The molecule has 2 aromatic carbocycles. The van der Waals surface area contributed by atoms with E-state index in [1.54, 1.807) is 12.1 Å². The van der Waals surface area contributed by atoms with Gasteiger partial charge in [-0.2, -0.15) is 18.3 Å². The molecule has 14 heteroatoms. The van der Waals surface area contributed by atoms with Crippen LogP contribution in [0.4, 0.5) is 26.3 Å². The van der Waals surface area contributed by atoms with Crippen molar-refractivity contribution >= 4 is 5.91 Å². The van der Waals surface area contributed by atoms with E-state index >= 15 is 0 Å². The molecule has 2 aromatic heterocycles. The van der Waals surface area contributed by atoms with Gasteiger partial charge in [0, 0.05) is 23.4 Å². The fourth-order valence-electron chi connectivity index (χ4n) is 6.08. The molecule has 44 heavy (non-hydrogen) atoms. The number of aromatic nitrogens is 3. The summed E-state index contributed by atoms with van der Waals surface area (Å²) in [6.45, 7) is -0.506. The summed E-state index contributed by atoms with van der Waals surface area (Å²) in [7, 11) is 0. The molecule has 8 nitrogen and oxygen atoms in total. The zero-order chi connectivity index (χ0) is 31.5. The molecule has 0 saturated heterocycles. The van der Waals surface area contributed by atoms with Gasteiger partial charge >= 0.3 is 6.18 Å². The van der Waals surface area contributed by atoms with Gasteiger partial charge in [-0.15, -0.1) is 0 Å². The Balaban J connectivity index is 1.37. The average Bonchev–Trinajstić information content (AvgIpc) is 3.56. The minimum absolute atomic E-state index is 0.00741. The molecule has 6 rings (SSSR count). The van der Waals surface area contributed by atoms with Gasteiger partial charge in [0.15, 0.2) is 5.69 Å². The average molecular weight is 618 g/mol. The summed E-state index contributed by atoms with van der Waals surface area (Å²) in [5.74, 6) is -4.37. The van der Waals surface area contributed by atoms with Crippen LogP contribution in [0.25, 0.3) is 11.1 Å². The number of fused-ring (bicyclic) bond motifs is 3. The fourth-order valence-corrected chi connectivity index (χ4v) is 6.08. The minimum atomic E-state index is -4.77. The highest BCUT2D eigenvalue weighted by molar-refractivity contribution is 5.94. The van der Waals surface area contributed by atoms with Crippen LogP contribution in [0.3, 0.4) is 0 Å². The summed E-state index contributed by atoms with van der Waals surface area (Å²) in [5, 5.41) is 28.3. The Morgan fingerprint density at radius 1 is 1.11 bits per heavy atom. The second-order valence-electron chi connectivity index (χ2n) is 11.0. The first-order chi connectivity index (χ1) is 20.8. The number of carbonyl (C=O) groups excluding carboxylic acids is 1. The smallest absolute Gasteiger partial charge is 0.386 e. The van der Waals surface area contributed by atoms with Crippen molar-refractivity contribution in [2.75, 3.05) is 0 Å². The third-order valence-corrected chi connectivity index (χ3v) is 8.01. The van der Waals surface area contributed by atoms with Gasteiger partial charge in [-0.1, -0.05) is 12.1 Å². The predicted molar refractivity (Wildman–Crippen MR) is 143 cm³/mol. The molecule has 0 aliphatic heterocycles. The number of aliphatic hydroxyl groups excluding tert-OH is 2. The maximum absolute atomic E-state index is 14.2. The molecule has 230 valence electrons. The molecule has 1 saturated carbocycles. The molecule has 0 radical (unpaired) electrons. The third-order valence-electron chi connectivity index (χ3n) is 8.01. The molecule has 2 heterocycles. The number of nitrogens with one attached hydrogen (secondary N) is 1. The zero-order valence-electron chi connectivity index (χ0n) is 22.7. The van der Waals surface area contributed by atoms with Crippen molar-refractivity contribution in [2.45, 2.75) is 49.9 Å². The Bertz CT molecular complexity index is 1740. The Labute approximate surface area is 246 Å². The SMILES string of the molecule is NC(=O)c1cc(-c2cccnc2[C@H](Cc2cc(F)cc(F)c2)NC(O)Cn2nc(C(F)(F)F)c3c2C(O)C2CC32)ccc1F. The number of alkyl halides is 3. The number of nitrogens with two attached hydrogens (primary N) is 1. The number of amides is 1. The standard InChI is InChI=1S/C30H25F6N5O3/c31-15-6-13(7-16(32)10-15)8-22(25-17(2-1-5-38-25)14-3-4-21(33)20(9-14)29(37)44)39-23(42)12-41-26-24(18-11-19(18)27(26)43)28(40-41)30(34,35)36/h1-7,9-10,18-19,22-23,27,39,42-43H,8,11-12H2,(H2,37,44)/t18?,19?,22-,23?,27?/m0/s1. The van der Waals surface area contributed by atoms with Crippen molar-refractivity contribution in [1.82, 2.24) is 20.1 Å². The second-order valence-corrected chi connectivity index (χ2v) is 11.0. The number of benzene rings is 2. The lowest BCUT2D eigenvalue weighted by Gasteiger charge is -2.25. The maximum Gasteiger partial charge on any atom is 0.435 e. The number of pyridine rings is 1. The summed E-state index contributed by atoms with van der Waals surface area (Å²) >= 11 is 0. The topological polar surface area (TPSA) is 126 Å². The van der Waals surface area contributed by atoms with Crippen molar-refractivity contribution in [3.8, 4) is 11.1 Å². The summed E-state index contributed by atoms with van der Waals surface area (Å²) in [5.41, 5.74) is 4.78. The van der Waals surface area contributed by atoms with Crippen LogP contribution >= 0.6 is 0 Å². The molecule has 1 amide bonds. The molecule has 2 aliphatic rings. The largest absolute Gasteiger partial charge is 0.435 e. The first kappa shape index (κ1) is 29.8. The maximum atomic E-state index is 14.2. The van der Waals surface area contributed by atoms with Gasteiger partial charge < -0.3 is 15.9 Å². The van der Waals surface area contributed by atoms with Crippen LogP contribution in [0, 0.1) is 23.4 Å². The molecule has 5 atom stereocenters. The second kappa shape index (κ2) is 11.0. The highest BCUT2D eigenvalue weighted by Crippen LogP contribution is 2.63. The van der Waals surface area contributed by atoms with Crippen LogP contribution < -0.4 is 11.1 Å². The summed E-state index contributed by atoms with van der Waals surface area (Å²) in [6, 6.07) is 8.59. The number of halogens is 6. The molecular weight excluding hydrogens is 592 g/mol. The first-order valence-electron chi connectivity index (χ1n) is 13.6.